The molecule has 0 aliphatic heterocycles. The molecule has 0 aliphatic rings. The summed E-state index contributed by atoms with van der Waals surface area (Å²) in [5.74, 6) is 0.00976. The molecule has 128 valence electrons. The monoisotopic (exact) mass is 321 g/mol. The van der Waals surface area contributed by atoms with Crippen LogP contribution < -0.4 is 5.32 Å². The van der Waals surface area contributed by atoms with Gasteiger partial charge in [-0.15, -0.1) is 0 Å². The number of rotatable bonds is 8. The Balaban J connectivity index is 2.55. The highest BCUT2D eigenvalue weighted by atomic mass is 16.5. The fourth-order valence-electron chi connectivity index (χ4n) is 2.17. The average Bonchev–Trinajstić information content (AvgIpc) is 2.44. The molecule has 5 heteroatoms. The SMILES string of the molecule is CC(C)C[C@@H](CC(=O)C(C)(C)O)NC(=O)OCc1ccccc1. The average molecular weight is 321 g/mol. The van der Waals surface area contributed by atoms with Crippen LogP contribution in [0.3, 0.4) is 0 Å². The van der Waals surface area contributed by atoms with E-state index in [1.54, 1.807) is 0 Å². The summed E-state index contributed by atoms with van der Waals surface area (Å²) in [6, 6.07) is 9.04. The van der Waals surface area contributed by atoms with Gasteiger partial charge in [-0.05, 0) is 31.7 Å². The van der Waals surface area contributed by atoms with Crippen molar-refractivity contribution in [3.63, 3.8) is 0 Å². The van der Waals surface area contributed by atoms with Crippen LogP contribution in [0.25, 0.3) is 0 Å². The van der Waals surface area contributed by atoms with Crippen molar-refractivity contribution in [3.05, 3.63) is 35.9 Å². The third-order valence-corrected chi connectivity index (χ3v) is 3.40. The van der Waals surface area contributed by atoms with E-state index in [2.05, 4.69) is 5.32 Å². The third-order valence-electron chi connectivity index (χ3n) is 3.40. The van der Waals surface area contributed by atoms with Crippen molar-refractivity contribution in [2.45, 2.75) is 58.8 Å². The quantitative estimate of drug-likeness (QED) is 0.771. The summed E-state index contributed by atoms with van der Waals surface area (Å²) in [6.45, 7) is 7.11. The van der Waals surface area contributed by atoms with Gasteiger partial charge in [0.05, 0.1) is 0 Å². The van der Waals surface area contributed by atoms with Gasteiger partial charge in [-0.25, -0.2) is 4.79 Å². The van der Waals surface area contributed by atoms with Crippen molar-refractivity contribution in [1.82, 2.24) is 5.32 Å². The number of hydrogen-bond acceptors (Lipinski definition) is 4. The summed E-state index contributed by atoms with van der Waals surface area (Å²) < 4.78 is 5.18. The van der Waals surface area contributed by atoms with Crippen LogP contribution in [0.4, 0.5) is 4.79 Å². The standard InChI is InChI=1S/C18H27NO4/c1-13(2)10-15(11-16(20)18(3,4)22)19-17(21)23-12-14-8-6-5-7-9-14/h5-9,13,15,22H,10-12H2,1-4H3,(H,19,21)/t15-/m0/s1. The summed E-state index contributed by atoms with van der Waals surface area (Å²) in [5, 5.41) is 12.5. The molecular formula is C18H27NO4. The first-order chi connectivity index (χ1) is 10.7. The van der Waals surface area contributed by atoms with Gasteiger partial charge in [0.25, 0.3) is 0 Å². The predicted molar refractivity (Wildman–Crippen MR) is 88.9 cm³/mol. The summed E-state index contributed by atoms with van der Waals surface area (Å²) in [7, 11) is 0. The van der Waals surface area contributed by atoms with E-state index >= 15 is 0 Å². The lowest BCUT2D eigenvalue weighted by molar-refractivity contribution is -0.134. The Bertz CT molecular complexity index is 506. The van der Waals surface area contributed by atoms with Gasteiger partial charge in [-0.3, -0.25) is 4.79 Å². The molecule has 1 aromatic rings. The molecule has 0 aliphatic carbocycles. The van der Waals surface area contributed by atoms with Gasteiger partial charge in [0.2, 0.25) is 0 Å². The minimum atomic E-state index is -1.40. The van der Waals surface area contributed by atoms with Gasteiger partial charge in [-0.1, -0.05) is 44.2 Å². The van der Waals surface area contributed by atoms with Crippen molar-refractivity contribution in [2.24, 2.45) is 5.92 Å². The predicted octanol–water partition coefficient (Wildman–Crippen LogP) is 3.06. The van der Waals surface area contributed by atoms with E-state index in [1.807, 2.05) is 44.2 Å². The number of aliphatic hydroxyl groups is 1. The first kappa shape index (κ1) is 19.2. The van der Waals surface area contributed by atoms with E-state index in [1.165, 1.54) is 13.8 Å². The maximum absolute atomic E-state index is 12.0. The second kappa shape index (κ2) is 8.67. The van der Waals surface area contributed by atoms with Crippen LogP contribution >= 0.6 is 0 Å². The summed E-state index contributed by atoms with van der Waals surface area (Å²) >= 11 is 0. The Morgan fingerprint density at radius 1 is 1.22 bits per heavy atom. The van der Waals surface area contributed by atoms with E-state index in [0.29, 0.717) is 12.3 Å². The number of carbonyl (C=O) groups is 2. The Kier molecular flexibility index (Phi) is 7.23. The number of hydrogen-bond donors (Lipinski definition) is 2. The molecule has 0 spiro atoms. The summed E-state index contributed by atoms with van der Waals surface area (Å²) in [4.78, 5) is 23.9. The van der Waals surface area contributed by atoms with Crippen molar-refractivity contribution in [3.8, 4) is 0 Å². The largest absolute Gasteiger partial charge is 0.445 e. The normalized spacial score (nSPS) is 12.8. The molecule has 0 radical (unpaired) electrons. The van der Waals surface area contributed by atoms with Crippen molar-refractivity contribution >= 4 is 11.9 Å². The Labute approximate surface area is 138 Å². The van der Waals surface area contributed by atoms with Gasteiger partial charge in [-0.2, -0.15) is 0 Å². The van der Waals surface area contributed by atoms with Crippen LogP contribution in [-0.2, 0) is 16.1 Å². The van der Waals surface area contributed by atoms with Gasteiger partial charge < -0.3 is 15.2 Å². The minimum absolute atomic E-state index is 0.0854. The van der Waals surface area contributed by atoms with Crippen LogP contribution in [0.5, 0.6) is 0 Å². The van der Waals surface area contributed by atoms with E-state index < -0.39 is 11.7 Å². The number of ketones is 1. The molecule has 0 bridgehead atoms. The molecule has 1 aromatic carbocycles. The van der Waals surface area contributed by atoms with Crippen LogP contribution in [0.1, 0.15) is 46.1 Å². The third kappa shape index (κ3) is 7.79. The van der Waals surface area contributed by atoms with E-state index in [0.717, 1.165) is 5.56 Å². The lowest BCUT2D eigenvalue weighted by Crippen LogP contribution is -2.42. The first-order valence-corrected chi connectivity index (χ1v) is 7.91. The van der Waals surface area contributed by atoms with Crippen molar-refractivity contribution in [1.29, 1.82) is 0 Å². The smallest absolute Gasteiger partial charge is 0.407 e. The minimum Gasteiger partial charge on any atom is -0.445 e. The maximum atomic E-state index is 12.0. The number of amides is 1. The van der Waals surface area contributed by atoms with Crippen molar-refractivity contribution in [2.75, 3.05) is 0 Å². The lowest BCUT2D eigenvalue weighted by Gasteiger charge is -2.23. The lowest BCUT2D eigenvalue weighted by atomic mass is 9.93. The van der Waals surface area contributed by atoms with Crippen LogP contribution in [-0.4, -0.2) is 28.6 Å². The van der Waals surface area contributed by atoms with Crippen LogP contribution in [0, 0.1) is 5.92 Å². The number of ether oxygens (including phenoxy) is 1. The van der Waals surface area contributed by atoms with E-state index in [-0.39, 0.29) is 24.9 Å². The molecule has 1 rings (SSSR count). The zero-order chi connectivity index (χ0) is 17.5. The molecule has 1 atom stereocenters. The fraction of sp³-hybridized carbons (Fsp3) is 0.556. The molecule has 0 unspecified atom stereocenters. The van der Waals surface area contributed by atoms with E-state index in [4.69, 9.17) is 4.74 Å². The van der Waals surface area contributed by atoms with E-state index in [9.17, 15) is 14.7 Å². The number of nitrogens with one attached hydrogen (secondary N) is 1. The van der Waals surface area contributed by atoms with Gasteiger partial charge in [0.15, 0.2) is 5.78 Å². The topological polar surface area (TPSA) is 75.6 Å². The molecule has 0 saturated carbocycles. The second-order valence-electron chi connectivity index (χ2n) is 6.72. The fourth-order valence-corrected chi connectivity index (χ4v) is 2.17. The molecule has 5 nitrogen and oxygen atoms in total. The van der Waals surface area contributed by atoms with Crippen LogP contribution in [0.15, 0.2) is 30.3 Å². The molecule has 1 amide bonds. The molecule has 0 fully saturated rings. The number of Topliss-reactive ketones (excluding diaryl/α,β-unsaturated/α-hetero) is 1. The maximum Gasteiger partial charge on any atom is 0.407 e. The van der Waals surface area contributed by atoms with Gasteiger partial charge in [0.1, 0.15) is 12.2 Å². The first-order valence-electron chi connectivity index (χ1n) is 7.91. The highest BCUT2D eigenvalue weighted by Gasteiger charge is 2.28. The van der Waals surface area contributed by atoms with Gasteiger partial charge in [0, 0.05) is 12.5 Å². The molecule has 0 aromatic heterocycles. The second-order valence-corrected chi connectivity index (χ2v) is 6.72. The number of carbonyl (C=O) groups excluding carboxylic acids is 2. The molecule has 0 saturated heterocycles. The Morgan fingerprint density at radius 3 is 2.35 bits per heavy atom. The Morgan fingerprint density at radius 2 is 1.83 bits per heavy atom. The molecule has 23 heavy (non-hydrogen) atoms. The van der Waals surface area contributed by atoms with Gasteiger partial charge >= 0.3 is 6.09 Å². The molecule has 2 N–H and O–H groups in total. The summed E-state index contributed by atoms with van der Waals surface area (Å²) in [6.07, 6.45) is 0.174. The highest BCUT2D eigenvalue weighted by molar-refractivity contribution is 5.87. The Hall–Kier alpha value is -1.88. The molecular weight excluding hydrogens is 294 g/mol. The van der Waals surface area contributed by atoms with Crippen molar-refractivity contribution < 1.29 is 19.4 Å². The number of benzene rings is 1. The van der Waals surface area contributed by atoms with Crippen LogP contribution in [0.2, 0.25) is 0 Å². The zero-order valence-electron chi connectivity index (χ0n) is 14.3. The highest BCUT2D eigenvalue weighted by Crippen LogP contribution is 2.14. The number of alkyl carbamates (subject to hydrolysis) is 1. The summed E-state index contributed by atoms with van der Waals surface area (Å²) in [5.41, 5.74) is -0.499. The molecule has 0 heterocycles. The zero-order valence-corrected chi connectivity index (χ0v) is 14.3.